The van der Waals surface area contributed by atoms with Gasteiger partial charge >= 0.3 is 0 Å². The van der Waals surface area contributed by atoms with Crippen molar-refractivity contribution in [1.29, 1.82) is 0 Å². The lowest BCUT2D eigenvalue weighted by molar-refractivity contribution is 0.101. The van der Waals surface area contributed by atoms with Crippen molar-refractivity contribution in [2.24, 2.45) is 0 Å². The number of amides is 1. The highest BCUT2D eigenvalue weighted by atomic mass is 32.1. The zero-order chi connectivity index (χ0) is 14.2. The fraction of sp³-hybridized carbons (Fsp3) is 0.167. The van der Waals surface area contributed by atoms with Gasteiger partial charge in [-0.25, -0.2) is 13.8 Å². The Hall–Kier alpha value is -2.02. The molecule has 1 aromatic heterocycles. The van der Waals surface area contributed by atoms with Crippen molar-refractivity contribution < 1.29 is 13.6 Å². The summed E-state index contributed by atoms with van der Waals surface area (Å²) in [7, 11) is 0. The van der Waals surface area contributed by atoms with E-state index in [4.69, 9.17) is 5.73 Å². The number of carbonyl (C=O) groups is 1. The Kier molecular flexibility index (Phi) is 3.48. The van der Waals surface area contributed by atoms with Crippen LogP contribution in [0.5, 0.6) is 0 Å². The molecular weight excluding hydrogens is 272 g/mol. The summed E-state index contributed by atoms with van der Waals surface area (Å²) in [6.07, 6.45) is 0. The first-order valence-electron chi connectivity index (χ1n) is 5.39. The minimum atomic E-state index is -1.07. The molecule has 4 nitrogen and oxygen atoms in total. The largest absolute Gasteiger partial charge is 0.396 e. The van der Waals surface area contributed by atoms with Crippen LogP contribution in [0.3, 0.4) is 0 Å². The van der Waals surface area contributed by atoms with Gasteiger partial charge in [0.05, 0.1) is 11.4 Å². The number of aromatic nitrogens is 1. The molecule has 1 amide bonds. The van der Waals surface area contributed by atoms with E-state index in [1.165, 1.54) is 11.3 Å². The van der Waals surface area contributed by atoms with E-state index in [1.54, 1.807) is 6.92 Å². The molecule has 0 saturated heterocycles. The number of hydrogen-bond acceptors (Lipinski definition) is 4. The summed E-state index contributed by atoms with van der Waals surface area (Å²) < 4.78 is 27.2. The highest BCUT2D eigenvalue weighted by Crippen LogP contribution is 2.24. The van der Waals surface area contributed by atoms with Gasteiger partial charge in [0.1, 0.15) is 11.4 Å². The van der Waals surface area contributed by atoms with Crippen molar-refractivity contribution in [1.82, 2.24) is 4.98 Å². The second-order valence-electron chi connectivity index (χ2n) is 3.94. The summed E-state index contributed by atoms with van der Waals surface area (Å²) in [5.41, 5.74) is 5.09. The third-order valence-electron chi connectivity index (χ3n) is 2.60. The molecule has 0 radical (unpaired) electrons. The molecule has 0 unspecified atom stereocenters. The maximum absolute atomic E-state index is 13.7. The van der Waals surface area contributed by atoms with E-state index in [0.29, 0.717) is 5.13 Å². The molecule has 2 rings (SSSR count). The average Bonchev–Trinajstić information content (AvgIpc) is 2.63. The van der Waals surface area contributed by atoms with Gasteiger partial charge in [0, 0.05) is 4.88 Å². The summed E-state index contributed by atoms with van der Waals surface area (Å²) >= 11 is 1.23. The van der Waals surface area contributed by atoms with E-state index >= 15 is 0 Å². The summed E-state index contributed by atoms with van der Waals surface area (Å²) in [6, 6.07) is 2.02. The van der Waals surface area contributed by atoms with Crippen molar-refractivity contribution in [3.8, 4) is 0 Å². The zero-order valence-corrected chi connectivity index (χ0v) is 11.1. The molecule has 19 heavy (non-hydrogen) atoms. The predicted molar refractivity (Wildman–Crippen MR) is 70.3 cm³/mol. The van der Waals surface area contributed by atoms with Crippen molar-refractivity contribution in [3.05, 3.63) is 39.9 Å². The molecule has 0 bridgehead atoms. The molecule has 7 heteroatoms. The Morgan fingerprint density at radius 2 is 2.05 bits per heavy atom. The maximum Gasteiger partial charge on any atom is 0.263 e. The third kappa shape index (κ3) is 2.55. The average molecular weight is 283 g/mol. The van der Waals surface area contributed by atoms with Crippen molar-refractivity contribution in [2.45, 2.75) is 13.8 Å². The van der Waals surface area contributed by atoms with Crippen LogP contribution in [0.2, 0.25) is 0 Å². The first-order chi connectivity index (χ1) is 8.90. The van der Waals surface area contributed by atoms with Crippen molar-refractivity contribution in [3.63, 3.8) is 0 Å². The van der Waals surface area contributed by atoms with Gasteiger partial charge in [-0.05, 0) is 26.0 Å². The monoisotopic (exact) mass is 283 g/mol. The lowest BCUT2D eigenvalue weighted by Gasteiger charge is -2.06. The van der Waals surface area contributed by atoms with Crippen LogP contribution in [-0.4, -0.2) is 10.9 Å². The van der Waals surface area contributed by atoms with Gasteiger partial charge in [-0.15, -0.1) is 11.3 Å². The Labute approximate surface area is 112 Å². The first kappa shape index (κ1) is 13.4. The number of nitrogens with one attached hydrogen (secondary N) is 1. The quantitative estimate of drug-likeness (QED) is 0.833. The number of carbonyl (C=O) groups excluding carboxylic acids is 1. The number of nitrogens with zero attached hydrogens (tertiary/aromatic N) is 1. The molecule has 0 spiro atoms. The van der Waals surface area contributed by atoms with Gasteiger partial charge in [0.15, 0.2) is 10.9 Å². The van der Waals surface area contributed by atoms with Crippen LogP contribution in [0.4, 0.5) is 19.6 Å². The smallest absolute Gasteiger partial charge is 0.263 e. The van der Waals surface area contributed by atoms with Crippen LogP contribution in [0, 0.1) is 25.5 Å². The van der Waals surface area contributed by atoms with Gasteiger partial charge in [-0.1, -0.05) is 0 Å². The summed E-state index contributed by atoms with van der Waals surface area (Å²) in [5.74, 6) is -2.94. The highest BCUT2D eigenvalue weighted by Gasteiger charge is 2.20. The molecular formula is C12H11F2N3OS. The van der Waals surface area contributed by atoms with E-state index in [-0.39, 0.29) is 5.69 Å². The molecule has 2 aromatic rings. The molecule has 1 heterocycles. The number of thiazole rings is 1. The first-order valence-corrected chi connectivity index (χ1v) is 6.20. The fourth-order valence-corrected chi connectivity index (χ4v) is 2.27. The number of rotatable bonds is 2. The number of aryl methyl sites for hydroxylation is 2. The molecule has 0 aliphatic heterocycles. The Morgan fingerprint density at radius 1 is 1.37 bits per heavy atom. The van der Waals surface area contributed by atoms with E-state index in [2.05, 4.69) is 10.3 Å². The Morgan fingerprint density at radius 3 is 2.63 bits per heavy atom. The number of nitrogens with two attached hydrogens (primary N) is 1. The fourth-order valence-electron chi connectivity index (χ4n) is 1.46. The minimum absolute atomic E-state index is 0.280. The van der Waals surface area contributed by atoms with Crippen LogP contribution in [0.15, 0.2) is 12.1 Å². The number of anilines is 2. The molecule has 100 valence electrons. The van der Waals surface area contributed by atoms with Crippen LogP contribution < -0.4 is 11.1 Å². The number of hydrogen-bond donors (Lipinski definition) is 2. The molecule has 0 saturated carbocycles. The second-order valence-corrected chi connectivity index (χ2v) is 5.14. The maximum atomic E-state index is 13.7. The second kappa shape index (κ2) is 4.93. The number of halogens is 2. The normalized spacial score (nSPS) is 10.5. The molecule has 0 aliphatic rings. The lowest BCUT2D eigenvalue weighted by atomic mass is 10.1. The van der Waals surface area contributed by atoms with Crippen LogP contribution in [0.1, 0.15) is 20.9 Å². The number of benzene rings is 1. The summed E-state index contributed by atoms with van der Waals surface area (Å²) in [5, 5.41) is 2.65. The van der Waals surface area contributed by atoms with Crippen LogP contribution >= 0.6 is 11.3 Å². The topological polar surface area (TPSA) is 68.0 Å². The Balaban J connectivity index is 2.33. The van der Waals surface area contributed by atoms with Crippen LogP contribution in [-0.2, 0) is 0 Å². The highest BCUT2D eigenvalue weighted by molar-refractivity contribution is 7.15. The molecule has 1 aromatic carbocycles. The van der Waals surface area contributed by atoms with Crippen LogP contribution in [0.25, 0.3) is 0 Å². The predicted octanol–water partition coefficient (Wildman–Crippen LogP) is 2.87. The van der Waals surface area contributed by atoms with E-state index in [9.17, 15) is 13.6 Å². The van der Waals surface area contributed by atoms with E-state index in [0.717, 1.165) is 22.7 Å². The molecule has 0 atom stereocenters. The van der Waals surface area contributed by atoms with Gasteiger partial charge in [-0.2, -0.15) is 0 Å². The standard InChI is InChI=1S/C12H11F2N3OS/c1-5-6(2)19-12(16-5)17-11(18)9-7(13)3-4-8(15)10(9)14/h3-4H,15H2,1-2H3,(H,16,17,18). The van der Waals surface area contributed by atoms with Crippen molar-refractivity contribution in [2.75, 3.05) is 11.1 Å². The minimum Gasteiger partial charge on any atom is -0.396 e. The van der Waals surface area contributed by atoms with Crippen molar-refractivity contribution >= 4 is 28.1 Å². The Bertz CT molecular complexity index is 635. The summed E-state index contributed by atoms with van der Waals surface area (Å²) in [6.45, 7) is 3.62. The van der Waals surface area contributed by atoms with Gasteiger partial charge < -0.3 is 5.73 Å². The van der Waals surface area contributed by atoms with E-state index in [1.807, 2.05) is 6.92 Å². The zero-order valence-electron chi connectivity index (χ0n) is 10.3. The third-order valence-corrected chi connectivity index (χ3v) is 3.59. The number of nitrogen functional groups attached to an aromatic ring is 1. The lowest BCUT2D eigenvalue weighted by Crippen LogP contribution is -2.16. The van der Waals surface area contributed by atoms with Gasteiger partial charge in [-0.3, -0.25) is 10.1 Å². The summed E-state index contributed by atoms with van der Waals surface area (Å²) in [4.78, 5) is 16.8. The molecule has 0 fully saturated rings. The SMILES string of the molecule is Cc1nc(NC(=O)c2c(F)ccc(N)c2F)sc1C. The molecule has 3 N–H and O–H groups in total. The molecule has 0 aliphatic carbocycles. The van der Waals surface area contributed by atoms with Gasteiger partial charge in [0.2, 0.25) is 0 Å². The van der Waals surface area contributed by atoms with E-state index < -0.39 is 23.1 Å². The van der Waals surface area contributed by atoms with Gasteiger partial charge in [0.25, 0.3) is 5.91 Å².